The van der Waals surface area contributed by atoms with Gasteiger partial charge in [0.2, 0.25) is 0 Å². The molecule has 0 amide bonds. The second-order valence-corrected chi connectivity index (χ2v) is 3.03. The number of allylic oxidation sites excluding steroid dienone is 2. The molecule has 0 fully saturated rings. The van der Waals surface area contributed by atoms with E-state index in [9.17, 15) is 9.59 Å². The van der Waals surface area contributed by atoms with Crippen molar-refractivity contribution in [1.82, 2.24) is 0 Å². The highest BCUT2D eigenvalue weighted by Crippen LogP contribution is 2.28. The number of ketones is 1. The maximum absolute atomic E-state index is 11.3. The minimum atomic E-state index is -1.57. The lowest BCUT2D eigenvalue weighted by Gasteiger charge is -2.31. The SMILES string of the molecule is CC(=O)C1(ON)C=CC=CC1C(=O)O. The zero-order chi connectivity index (χ0) is 10.8. The van der Waals surface area contributed by atoms with Crippen LogP contribution in [-0.2, 0) is 14.4 Å². The molecule has 5 heteroatoms. The van der Waals surface area contributed by atoms with Gasteiger partial charge in [0.25, 0.3) is 0 Å². The van der Waals surface area contributed by atoms with E-state index in [1.807, 2.05) is 0 Å². The number of carboxylic acids is 1. The molecule has 0 saturated heterocycles. The van der Waals surface area contributed by atoms with Crippen LogP contribution in [0.15, 0.2) is 24.3 Å². The van der Waals surface area contributed by atoms with Crippen molar-refractivity contribution in [1.29, 1.82) is 0 Å². The van der Waals surface area contributed by atoms with Crippen LogP contribution in [0.3, 0.4) is 0 Å². The molecule has 0 heterocycles. The van der Waals surface area contributed by atoms with Gasteiger partial charge in [-0.3, -0.25) is 14.4 Å². The van der Waals surface area contributed by atoms with Gasteiger partial charge in [0, 0.05) is 0 Å². The Morgan fingerprint density at radius 2 is 2.14 bits per heavy atom. The molecule has 0 saturated carbocycles. The Bertz CT molecular complexity index is 321. The van der Waals surface area contributed by atoms with Crippen molar-refractivity contribution in [2.24, 2.45) is 11.8 Å². The van der Waals surface area contributed by atoms with E-state index >= 15 is 0 Å². The lowest BCUT2D eigenvalue weighted by atomic mass is 9.81. The lowest BCUT2D eigenvalue weighted by molar-refractivity contribution is -0.158. The lowest BCUT2D eigenvalue weighted by Crippen LogP contribution is -2.50. The molecule has 0 aromatic heterocycles. The summed E-state index contributed by atoms with van der Waals surface area (Å²) in [5.74, 6) is 2.34. The van der Waals surface area contributed by atoms with Crippen molar-refractivity contribution in [3.8, 4) is 0 Å². The molecule has 0 aromatic carbocycles. The first kappa shape index (κ1) is 10.6. The molecule has 1 rings (SSSR count). The number of hydrogen-bond donors (Lipinski definition) is 2. The molecular weight excluding hydrogens is 186 g/mol. The minimum absolute atomic E-state index is 0.437. The van der Waals surface area contributed by atoms with E-state index in [0.29, 0.717) is 0 Å². The van der Waals surface area contributed by atoms with Crippen LogP contribution in [0.2, 0.25) is 0 Å². The highest BCUT2D eigenvalue weighted by molar-refractivity contribution is 5.94. The third-order valence-corrected chi connectivity index (χ3v) is 2.23. The third-order valence-electron chi connectivity index (χ3n) is 2.23. The summed E-state index contributed by atoms with van der Waals surface area (Å²) < 4.78 is 0. The molecule has 1 aliphatic carbocycles. The highest BCUT2D eigenvalue weighted by atomic mass is 16.6. The van der Waals surface area contributed by atoms with Crippen LogP contribution in [0.1, 0.15) is 6.92 Å². The van der Waals surface area contributed by atoms with Gasteiger partial charge in [-0.05, 0) is 13.0 Å². The molecule has 0 bridgehead atoms. The average Bonchev–Trinajstić information content (AvgIpc) is 2.17. The molecular formula is C9H11NO4. The second-order valence-electron chi connectivity index (χ2n) is 3.03. The molecule has 0 aromatic rings. The number of carboxylic acid groups (broad SMARTS) is 1. The van der Waals surface area contributed by atoms with Crippen LogP contribution in [-0.4, -0.2) is 22.5 Å². The first-order valence-corrected chi connectivity index (χ1v) is 4.02. The molecule has 5 nitrogen and oxygen atoms in total. The van der Waals surface area contributed by atoms with Crippen LogP contribution in [0.5, 0.6) is 0 Å². The van der Waals surface area contributed by atoms with Crippen molar-refractivity contribution in [2.45, 2.75) is 12.5 Å². The summed E-state index contributed by atoms with van der Waals surface area (Å²) in [5, 5.41) is 8.88. The van der Waals surface area contributed by atoms with Crippen LogP contribution < -0.4 is 5.90 Å². The van der Waals surface area contributed by atoms with E-state index in [0.717, 1.165) is 0 Å². The van der Waals surface area contributed by atoms with Gasteiger partial charge < -0.3 is 5.11 Å². The van der Waals surface area contributed by atoms with Crippen LogP contribution in [0.4, 0.5) is 0 Å². The topological polar surface area (TPSA) is 89.6 Å². The fourth-order valence-electron chi connectivity index (χ4n) is 1.42. The average molecular weight is 197 g/mol. The Morgan fingerprint density at radius 3 is 2.50 bits per heavy atom. The van der Waals surface area contributed by atoms with Gasteiger partial charge in [0.1, 0.15) is 5.92 Å². The van der Waals surface area contributed by atoms with Crippen molar-refractivity contribution >= 4 is 11.8 Å². The normalized spacial score (nSPS) is 30.3. The quantitative estimate of drug-likeness (QED) is 0.623. The van der Waals surface area contributed by atoms with Gasteiger partial charge in [0.15, 0.2) is 11.4 Å². The van der Waals surface area contributed by atoms with Gasteiger partial charge in [-0.25, -0.2) is 5.90 Å². The molecule has 14 heavy (non-hydrogen) atoms. The predicted octanol–water partition coefficient (Wildman–Crippen LogP) is 0.0313. The first-order chi connectivity index (χ1) is 6.54. The summed E-state index contributed by atoms with van der Waals surface area (Å²) in [5.41, 5.74) is -1.57. The first-order valence-electron chi connectivity index (χ1n) is 4.02. The monoisotopic (exact) mass is 197 g/mol. The maximum Gasteiger partial charge on any atom is 0.314 e. The van der Waals surface area contributed by atoms with E-state index in [4.69, 9.17) is 11.0 Å². The number of nitrogens with two attached hydrogens (primary N) is 1. The Balaban J connectivity index is 3.15. The number of aliphatic carboxylic acids is 1. The Morgan fingerprint density at radius 1 is 1.50 bits per heavy atom. The summed E-state index contributed by atoms with van der Waals surface area (Å²) in [4.78, 5) is 26.7. The number of carbonyl (C=O) groups excluding carboxylic acids is 1. The van der Waals surface area contributed by atoms with Crippen molar-refractivity contribution < 1.29 is 19.5 Å². The Kier molecular flexibility index (Phi) is 2.83. The third kappa shape index (κ3) is 1.47. The van der Waals surface area contributed by atoms with Gasteiger partial charge in [-0.1, -0.05) is 18.2 Å². The molecule has 0 spiro atoms. The predicted molar refractivity (Wildman–Crippen MR) is 48.1 cm³/mol. The van der Waals surface area contributed by atoms with Crippen LogP contribution >= 0.6 is 0 Å². The van der Waals surface area contributed by atoms with Gasteiger partial charge in [-0.2, -0.15) is 0 Å². The van der Waals surface area contributed by atoms with Crippen molar-refractivity contribution in [3.05, 3.63) is 24.3 Å². The zero-order valence-electron chi connectivity index (χ0n) is 7.64. The number of Topliss-reactive ketones (excluding diaryl/α,β-unsaturated/α-hetero) is 1. The summed E-state index contributed by atoms with van der Waals surface area (Å²) >= 11 is 0. The maximum atomic E-state index is 11.3. The molecule has 0 aliphatic heterocycles. The molecule has 0 radical (unpaired) electrons. The van der Waals surface area contributed by atoms with E-state index < -0.39 is 23.3 Å². The van der Waals surface area contributed by atoms with Crippen molar-refractivity contribution in [3.63, 3.8) is 0 Å². The number of carbonyl (C=O) groups is 2. The Hall–Kier alpha value is -1.46. The minimum Gasteiger partial charge on any atom is -0.481 e. The van der Waals surface area contributed by atoms with E-state index in [1.54, 1.807) is 6.08 Å². The fourth-order valence-corrected chi connectivity index (χ4v) is 1.42. The molecule has 76 valence electrons. The second kappa shape index (κ2) is 3.73. The Labute approximate surface area is 80.8 Å². The standard InChI is InChI=1S/C9H11NO4/c1-6(11)9(14-10)5-3-2-4-7(9)8(12)13/h2-5,7H,10H2,1H3,(H,12,13). The van der Waals surface area contributed by atoms with Crippen LogP contribution in [0, 0.1) is 5.92 Å². The summed E-state index contributed by atoms with van der Waals surface area (Å²) in [6.45, 7) is 1.24. The van der Waals surface area contributed by atoms with Gasteiger partial charge >= 0.3 is 5.97 Å². The number of rotatable bonds is 3. The molecule has 2 atom stereocenters. The largest absolute Gasteiger partial charge is 0.481 e. The fraction of sp³-hybridized carbons (Fsp3) is 0.333. The molecule has 3 N–H and O–H groups in total. The van der Waals surface area contributed by atoms with E-state index in [2.05, 4.69) is 4.84 Å². The van der Waals surface area contributed by atoms with Gasteiger partial charge in [-0.15, -0.1) is 0 Å². The summed E-state index contributed by atoms with van der Waals surface area (Å²) in [6, 6.07) is 0. The summed E-state index contributed by atoms with van der Waals surface area (Å²) in [6.07, 6.45) is 5.80. The molecule has 1 aliphatic rings. The molecule has 2 unspecified atom stereocenters. The summed E-state index contributed by atoms with van der Waals surface area (Å²) in [7, 11) is 0. The smallest absolute Gasteiger partial charge is 0.314 e. The van der Waals surface area contributed by atoms with E-state index in [-0.39, 0.29) is 0 Å². The van der Waals surface area contributed by atoms with Crippen molar-refractivity contribution in [2.75, 3.05) is 0 Å². The number of hydrogen-bond acceptors (Lipinski definition) is 4. The highest BCUT2D eigenvalue weighted by Gasteiger charge is 2.46. The van der Waals surface area contributed by atoms with E-state index in [1.165, 1.54) is 25.2 Å². The van der Waals surface area contributed by atoms with Gasteiger partial charge in [0.05, 0.1) is 0 Å². The van der Waals surface area contributed by atoms with Crippen LogP contribution in [0.25, 0.3) is 0 Å². The zero-order valence-corrected chi connectivity index (χ0v) is 7.64.